The van der Waals surface area contributed by atoms with Crippen LogP contribution in [0.25, 0.3) is 0 Å². The van der Waals surface area contributed by atoms with E-state index in [0.717, 1.165) is 12.8 Å². The summed E-state index contributed by atoms with van der Waals surface area (Å²) in [4.78, 5) is 0. The number of rotatable bonds is 0. The third kappa shape index (κ3) is 1.63. The van der Waals surface area contributed by atoms with Crippen LogP contribution in [0, 0.1) is 0 Å². The fourth-order valence-electron chi connectivity index (χ4n) is 0.585. The number of hydrogen-bond acceptors (Lipinski definition) is 2. The van der Waals surface area contributed by atoms with E-state index in [1.54, 1.807) is 0 Å². The molecule has 44 valence electrons. The molecule has 0 saturated heterocycles. The molecule has 0 aliphatic heterocycles. The summed E-state index contributed by atoms with van der Waals surface area (Å²) in [7, 11) is 0. The summed E-state index contributed by atoms with van der Waals surface area (Å²) < 4.78 is 0. The first-order valence-electron chi connectivity index (χ1n) is 2.28. The summed E-state index contributed by atoms with van der Waals surface area (Å²) in [5, 5.41) is 0. The minimum absolute atomic E-state index is 0. The molecule has 0 atom stereocenters. The van der Waals surface area contributed by atoms with Gasteiger partial charge in [-0.05, 0) is 19.3 Å². The number of nitrogens with two attached hydrogens (primary N) is 2. The third-order valence-electron chi connectivity index (χ3n) is 1.28. The van der Waals surface area contributed by atoms with Crippen LogP contribution in [0.2, 0.25) is 0 Å². The lowest BCUT2D eigenvalue weighted by Gasteiger charge is -2.33. The molecular weight excluding hydrogens is 112 g/mol. The maximum atomic E-state index is 5.40. The van der Waals surface area contributed by atoms with Gasteiger partial charge in [0.05, 0.1) is 5.66 Å². The van der Waals surface area contributed by atoms with Crippen molar-refractivity contribution < 1.29 is 0 Å². The molecule has 0 unspecified atom stereocenters. The second kappa shape index (κ2) is 1.99. The molecule has 1 saturated carbocycles. The Bertz CT molecular complexity index is 56.7. The van der Waals surface area contributed by atoms with E-state index in [9.17, 15) is 0 Å². The van der Waals surface area contributed by atoms with Crippen LogP contribution in [0.1, 0.15) is 19.3 Å². The zero-order chi connectivity index (χ0) is 4.62. The predicted octanol–water partition coefficient (Wildman–Crippen LogP) is 0.206. The number of hydrogen-bond donors (Lipinski definition) is 2. The minimum Gasteiger partial charge on any atom is -0.313 e. The van der Waals surface area contributed by atoms with Crippen LogP contribution in [0.5, 0.6) is 0 Å². The van der Waals surface area contributed by atoms with Gasteiger partial charge in [-0.2, -0.15) is 0 Å². The largest absolute Gasteiger partial charge is 0.313 e. The molecule has 3 heteroatoms. The van der Waals surface area contributed by atoms with Gasteiger partial charge >= 0.3 is 0 Å². The molecule has 0 heterocycles. The van der Waals surface area contributed by atoms with Gasteiger partial charge in [0.1, 0.15) is 0 Å². The van der Waals surface area contributed by atoms with E-state index < -0.39 is 0 Å². The Labute approximate surface area is 49.7 Å². The van der Waals surface area contributed by atoms with Gasteiger partial charge in [0.25, 0.3) is 0 Å². The molecule has 0 spiro atoms. The van der Waals surface area contributed by atoms with Gasteiger partial charge in [-0.25, -0.2) is 0 Å². The van der Waals surface area contributed by atoms with Crippen molar-refractivity contribution in [1.82, 2.24) is 0 Å². The van der Waals surface area contributed by atoms with Crippen molar-refractivity contribution in [1.29, 1.82) is 0 Å². The van der Waals surface area contributed by atoms with E-state index >= 15 is 0 Å². The van der Waals surface area contributed by atoms with Gasteiger partial charge in [0.2, 0.25) is 0 Å². The van der Waals surface area contributed by atoms with Gasteiger partial charge in [-0.3, -0.25) is 0 Å². The normalized spacial score (nSPS) is 24.9. The highest BCUT2D eigenvalue weighted by Crippen LogP contribution is 2.22. The molecule has 0 aromatic rings. The van der Waals surface area contributed by atoms with E-state index in [0.29, 0.717) is 0 Å². The van der Waals surface area contributed by atoms with Crippen LogP contribution >= 0.6 is 12.4 Å². The topological polar surface area (TPSA) is 52.0 Å². The van der Waals surface area contributed by atoms with E-state index in [4.69, 9.17) is 11.5 Å². The first-order valence-corrected chi connectivity index (χ1v) is 2.28. The fourth-order valence-corrected chi connectivity index (χ4v) is 0.585. The van der Waals surface area contributed by atoms with E-state index in [1.165, 1.54) is 6.42 Å². The van der Waals surface area contributed by atoms with Crippen molar-refractivity contribution >= 4 is 12.4 Å². The van der Waals surface area contributed by atoms with Crippen LogP contribution in [-0.2, 0) is 0 Å². The molecule has 1 fully saturated rings. The van der Waals surface area contributed by atoms with Gasteiger partial charge in [0, 0.05) is 0 Å². The maximum Gasteiger partial charge on any atom is 0.0636 e. The molecule has 0 amide bonds. The Balaban J connectivity index is 0.000000360. The van der Waals surface area contributed by atoms with Crippen LogP contribution in [-0.4, -0.2) is 5.66 Å². The number of halogens is 1. The van der Waals surface area contributed by atoms with Gasteiger partial charge in [0.15, 0.2) is 0 Å². The Kier molecular flexibility index (Phi) is 2.05. The molecule has 0 bridgehead atoms. The quantitative estimate of drug-likeness (QED) is 0.452. The average molecular weight is 123 g/mol. The summed E-state index contributed by atoms with van der Waals surface area (Å²) >= 11 is 0. The second-order valence-corrected chi connectivity index (χ2v) is 2.09. The second-order valence-electron chi connectivity index (χ2n) is 2.09. The Morgan fingerprint density at radius 1 is 1.14 bits per heavy atom. The fraction of sp³-hybridized carbons (Fsp3) is 1.00. The molecule has 1 rings (SSSR count). The third-order valence-corrected chi connectivity index (χ3v) is 1.28. The lowest BCUT2D eigenvalue weighted by molar-refractivity contribution is 0.259. The molecule has 1 aliphatic carbocycles. The van der Waals surface area contributed by atoms with Crippen molar-refractivity contribution in [2.75, 3.05) is 0 Å². The first-order chi connectivity index (χ1) is 2.71. The van der Waals surface area contributed by atoms with Crippen molar-refractivity contribution in [3.63, 3.8) is 0 Å². The van der Waals surface area contributed by atoms with Crippen LogP contribution < -0.4 is 11.5 Å². The zero-order valence-corrected chi connectivity index (χ0v) is 5.00. The molecule has 1 aliphatic rings. The molecule has 0 radical (unpaired) electrons. The summed E-state index contributed by atoms with van der Waals surface area (Å²) in [6, 6.07) is 0. The van der Waals surface area contributed by atoms with Gasteiger partial charge in [-0.15, -0.1) is 12.4 Å². The standard InChI is InChI=1S/C4H10N2.ClH/c5-4(6)2-1-3-4;/h1-3,5-6H2;1H. The summed E-state index contributed by atoms with van der Waals surface area (Å²) in [5.74, 6) is 0. The lowest BCUT2D eigenvalue weighted by atomic mass is 9.87. The first kappa shape index (κ1) is 7.21. The van der Waals surface area contributed by atoms with Crippen molar-refractivity contribution in [2.24, 2.45) is 11.5 Å². The SMILES string of the molecule is Cl.NC1(N)CCC1. The molecule has 4 N–H and O–H groups in total. The highest BCUT2D eigenvalue weighted by molar-refractivity contribution is 5.85. The molecule has 2 nitrogen and oxygen atoms in total. The Hall–Kier alpha value is 0.210. The summed E-state index contributed by atoms with van der Waals surface area (Å²) in [6.07, 6.45) is 3.23. The van der Waals surface area contributed by atoms with Crippen molar-refractivity contribution in [3.05, 3.63) is 0 Å². The minimum atomic E-state index is -0.278. The van der Waals surface area contributed by atoms with Crippen LogP contribution in [0.4, 0.5) is 0 Å². The predicted molar refractivity (Wildman–Crippen MR) is 32.2 cm³/mol. The highest BCUT2D eigenvalue weighted by atomic mass is 35.5. The van der Waals surface area contributed by atoms with Crippen molar-refractivity contribution in [2.45, 2.75) is 24.9 Å². The Morgan fingerprint density at radius 2 is 1.43 bits per heavy atom. The van der Waals surface area contributed by atoms with E-state index in [1.807, 2.05) is 0 Å². The van der Waals surface area contributed by atoms with E-state index in [2.05, 4.69) is 0 Å². The average Bonchev–Trinajstić information content (AvgIpc) is 1.32. The summed E-state index contributed by atoms with van der Waals surface area (Å²) in [5.41, 5.74) is 10.5. The van der Waals surface area contributed by atoms with Crippen molar-refractivity contribution in [3.8, 4) is 0 Å². The molecular formula is C4H11ClN2. The zero-order valence-electron chi connectivity index (χ0n) is 4.18. The van der Waals surface area contributed by atoms with Crippen LogP contribution in [0.3, 0.4) is 0 Å². The van der Waals surface area contributed by atoms with Crippen LogP contribution in [0.15, 0.2) is 0 Å². The maximum absolute atomic E-state index is 5.40. The monoisotopic (exact) mass is 122 g/mol. The summed E-state index contributed by atoms with van der Waals surface area (Å²) in [6.45, 7) is 0. The lowest BCUT2D eigenvalue weighted by Crippen LogP contribution is -2.54. The Morgan fingerprint density at radius 3 is 1.43 bits per heavy atom. The van der Waals surface area contributed by atoms with E-state index in [-0.39, 0.29) is 18.1 Å². The smallest absolute Gasteiger partial charge is 0.0636 e. The van der Waals surface area contributed by atoms with Gasteiger partial charge in [-0.1, -0.05) is 0 Å². The van der Waals surface area contributed by atoms with Gasteiger partial charge < -0.3 is 11.5 Å². The molecule has 0 aromatic carbocycles. The highest BCUT2D eigenvalue weighted by Gasteiger charge is 2.26. The molecule has 7 heavy (non-hydrogen) atoms. The molecule has 0 aromatic heterocycles.